The van der Waals surface area contributed by atoms with E-state index in [0.717, 1.165) is 25.9 Å². The molecule has 0 aliphatic carbocycles. The smallest absolute Gasteiger partial charge is 0.170 e. The molecule has 2 heterocycles. The summed E-state index contributed by atoms with van der Waals surface area (Å²) in [4.78, 5) is 6.28. The van der Waals surface area contributed by atoms with Gasteiger partial charge in [0.15, 0.2) is 11.6 Å². The van der Waals surface area contributed by atoms with Gasteiger partial charge in [-0.2, -0.15) is 0 Å². The van der Waals surface area contributed by atoms with Crippen molar-refractivity contribution in [3.8, 4) is 0 Å². The summed E-state index contributed by atoms with van der Waals surface area (Å²) in [7, 11) is 0. The minimum atomic E-state index is -0.160. The van der Waals surface area contributed by atoms with Gasteiger partial charge in [0.25, 0.3) is 0 Å². The third-order valence-corrected chi connectivity index (χ3v) is 3.31. The summed E-state index contributed by atoms with van der Waals surface area (Å²) in [5.74, 6) is 0.366. The van der Waals surface area contributed by atoms with Crippen LogP contribution in [0.3, 0.4) is 0 Å². The molecule has 1 aliphatic rings. The molecule has 0 unspecified atom stereocenters. The summed E-state index contributed by atoms with van der Waals surface area (Å²) in [6.07, 6.45) is 5.22. The third-order valence-electron chi connectivity index (χ3n) is 3.31. The van der Waals surface area contributed by atoms with Crippen LogP contribution in [0.2, 0.25) is 0 Å². The van der Waals surface area contributed by atoms with Crippen molar-refractivity contribution in [2.45, 2.75) is 45.7 Å². The summed E-state index contributed by atoms with van der Waals surface area (Å²) >= 11 is 0. The van der Waals surface area contributed by atoms with Crippen LogP contribution in [0.15, 0.2) is 12.3 Å². The average molecular weight is 251 g/mol. The first-order chi connectivity index (χ1) is 8.68. The second-order valence-corrected chi connectivity index (χ2v) is 5.19. The van der Waals surface area contributed by atoms with E-state index >= 15 is 0 Å². The molecular weight excluding hydrogens is 229 g/mol. The van der Waals surface area contributed by atoms with Crippen LogP contribution in [0, 0.1) is 5.82 Å². The minimum absolute atomic E-state index is 0.160. The monoisotopic (exact) mass is 251 g/mol. The summed E-state index contributed by atoms with van der Waals surface area (Å²) in [5.41, 5.74) is 0.708. The van der Waals surface area contributed by atoms with E-state index in [0.29, 0.717) is 24.0 Å². The van der Waals surface area contributed by atoms with Gasteiger partial charge in [-0.15, -0.1) is 0 Å². The Morgan fingerprint density at radius 3 is 2.72 bits per heavy atom. The third kappa shape index (κ3) is 3.19. The first-order valence-electron chi connectivity index (χ1n) is 6.80. The number of nitrogens with zero attached hydrogens (tertiary/aromatic N) is 2. The van der Waals surface area contributed by atoms with Crippen molar-refractivity contribution in [2.75, 3.05) is 18.0 Å². The van der Waals surface area contributed by atoms with Crippen LogP contribution in [-0.2, 0) is 6.54 Å². The number of nitrogens with one attached hydrogen (secondary N) is 1. The molecule has 1 aromatic rings. The summed E-state index contributed by atoms with van der Waals surface area (Å²) < 4.78 is 14.4. The van der Waals surface area contributed by atoms with E-state index in [1.165, 1.54) is 6.42 Å². The van der Waals surface area contributed by atoms with Crippen LogP contribution < -0.4 is 10.2 Å². The number of hydrogen-bond acceptors (Lipinski definition) is 3. The maximum Gasteiger partial charge on any atom is 0.170 e. The van der Waals surface area contributed by atoms with E-state index in [-0.39, 0.29) is 5.82 Å². The van der Waals surface area contributed by atoms with Gasteiger partial charge < -0.3 is 10.2 Å². The number of halogens is 1. The number of aromatic nitrogens is 1. The quantitative estimate of drug-likeness (QED) is 0.892. The highest BCUT2D eigenvalue weighted by atomic mass is 19.1. The molecule has 2 rings (SSSR count). The maximum absolute atomic E-state index is 14.4. The van der Waals surface area contributed by atoms with Crippen molar-refractivity contribution in [1.82, 2.24) is 10.3 Å². The van der Waals surface area contributed by atoms with E-state index in [4.69, 9.17) is 0 Å². The lowest BCUT2D eigenvalue weighted by atomic mass is 10.1. The molecule has 0 radical (unpaired) electrons. The van der Waals surface area contributed by atoms with Crippen molar-refractivity contribution < 1.29 is 4.39 Å². The lowest BCUT2D eigenvalue weighted by Crippen LogP contribution is -2.31. The Bertz CT molecular complexity index is 387. The molecule has 18 heavy (non-hydrogen) atoms. The van der Waals surface area contributed by atoms with Crippen LogP contribution in [-0.4, -0.2) is 24.1 Å². The van der Waals surface area contributed by atoms with Crippen LogP contribution in [0.25, 0.3) is 0 Å². The second-order valence-electron chi connectivity index (χ2n) is 5.19. The Hall–Kier alpha value is -1.16. The Labute approximate surface area is 108 Å². The van der Waals surface area contributed by atoms with Crippen LogP contribution >= 0.6 is 0 Å². The molecule has 0 atom stereocenters. The van der Waals surface area contributed by atoms with Gasteiger partial charge in [0.1, 0.15) is 0 Å². The van der Waals surface area contributed by atoms with Gasteiger partial charge in [-0.1, -0.05) is 13.8 Å². The standard InChI is InChI=1S/C14H22FN3/c1-11(2)17-10-12-6-7-16-14(13(12)15)18-8-4-3-5-9-18/h6-7,11,17H,3-5,8-10H2,1-2H3. The van der Waals surface area contributed by atoms with E-state index in [1.54, 1.807) is 12.3 Å². The number of piperidine rings is 1. The molecule has 1 N–H and O–H groups in total. The number of rotatable bonds is 4. The van der Waals surface area contributed by atoms with E-state index in [1.807, 2.05) is 0 Å². The molecule has 4 heteroatoms. The maximum atomic E-state index is 14.4. The Kier molecular flexibility index (Phi) is 4.53. The zero-order valence-corrected chi connectivity index (χ0v) is 11.2. The fraction of sp³-hybridized carbons (Fsp3) is 0.643. The first-order valence-corrected chi connectivity index (χ1v) is 6.80. The largest absolute Gasteiger partial charge is 0.354 e. The van der Waals surface area contributed by atoms with Crippen LogP contribution in [0.5, 0.6) is 0 Å². The first kappa shape index (κ1) is 13.3. The molecule has 1 aromatic heterocycles. The van der Waals surface area contributed by atoms with Gasteiger partial charge >= 0.3 is 0 Å². The fourth-order valence-electron chi connectivity index (χ4n) is 2.25. The van der Waals surface area contributed by atoms with Crippen molar-refractivity contribution in [2.24, 2.45) is 0 Å². The van der Waals surface area contributed by atoms with Gasteiger partial charge in [-0.3, -0.25) is 0 Å². The highest BCUT2D eigenvalue weighted by molar-refractivity contribution is 5.43. The molecule has 1 fully saturated rings. The molecule has 0 amide bonds. The van der Waals surface area contributed by atoms with Gasteiger partial charge in [-0.05, 0) is 25.3 Å². The number of anilines is 1. The molecule has 3 nitrogen and oxygen atoms in total. The SMILES string of the molecule is CC(C)NCc1ccnc(N2CCCCC2)c1F. The van der Waals surface area contributed by atoms with E-state index < -0.39 is 0 Å². The molecule has 0 bridgehead atoms. The normalized spacial score (nSPS) is 16.3. The fourth-order valence-corrected chi connectivity index (χ4v) is 2.25. The van der Waals surface area contributed by atoms with Gasteiger partial charge in [-0.25, -0.2) is 9.37 Å². The molecule has 0 spiro atoms. The van der Waals surface area contributed by atoms with E-state index in [9.17, 15) is 4.39 Å². The predicted octanol–water partition coefficient (Wildman–Crippen LogP) is 2.71. The molecule has 100 valence electrons. The lowest BCUT2D eigenvalue weighted by molar-refractivity contribution is 0.529. The zero-order chi connectivity index (χ0) is 13.0. The van der Waals surface area contributed by atoms with Crippen molar-refractivity contribution in [3.05, 3.63) is 23.6 Å². The van der Waals surface area contributed by atoms with Gasteiger partial charge in [0, 0.05) is 37.4 Å². The Morgan fingerprint density at radius 2 is 2.06 bits per heavy atom. The summed E-state index contributed by atoms with van der Waals surface area (Å²) in [5, 5.41) is 3.25. The molecule has 0 saturated carbocycles. The minimum Gasteiger partial charge on any atom is -0.354 e. The lowest BCUT2D eigenvalue weighted by Gasteiger charge is -2.28. The zero-order valence-electron chi connectivity index (χ0n) is 11.2. The molecule has 0 aromatic carbocycles. The van der Waals surface area contributed by atoms with Gasteiger partial charge in [0.2, 0.25) is 0 Å². The summed E-state index contributed by atoms with van der Waals surface area (Å²) in [6, 6.07) is 2.12. The Morgan fingerprint density at radius 1 is 1.33 bits per heavy atom. The van der Waals surface area contributed by atoms with Crippen LogP contribution in [0.4, 0.5) is 10.2 Å². The average Bonchev–Trinajstić information content (AvgIpc) is 2.38. The van der Waals surface area contributed by atoms with Crippen molar-refractivity contribution >= 4 is 5.82 Å². The van der Waals surface area contributed by atoms with Crippen molar-refractivity contribution in [1.29, 1.82) is 0 Å². The molecule has 1 saturated heterocycles. The number of hydrogen-bond donors (Lipinski definition) is 1. The van der Waals surface area contributed by atoms with Crippen LogP contribution in [0.1, 0.15) is 38.7 Å². The Balaban J connectivity index is 2.13. The highest BCUT2D eigenvalue weighted by Gasteiger charge is 2.18. The van der Waals surface area contributed by atoms with Gasteiger partial charge in [0.05, 0.1) is 0 Å². The predicted molar refractivity (Wildman–Crippen MR) is 72.2 cm³/mol. The van der Waals surface area contributed by atoms with E-state index in [2.05, 4.69) is 29.0 Å². The second kappa shape index (κ2) is 6.14. The summed E-state index contributed by atoms with van der Waals surface area (Å²) in [6.45, 7) is 6.53. The molecule has 1 aliphatic heterocycles. The highest BCUT2D eigenvalue weighted by Crippen LogP contribution is 2.22. The van der Waals surface area contributed by atoms with Crippen molar-refractivity contribution in [3.63, 3.8) is 0 Å². The number of pyridine rings is 1. The topological polar surface area (TPSA) is 28.2 Å². The molecular formula is C14H22FN3.